The van der Waals surface area contributed by atoms with Crippen molar-refractivity contribution in [2.75, 3.05) is 31.5 Å². The highest BCUT2D eigenvalue weighted by Crippen LogP contribution is 2.23. The largest absolute Gasteiger partial charge is 0.573 e. The maximum atomic E-state index is 12.1. The molecule has 0 bridgehead atoms. The van der Waals surface area contributed by atoms with Crippen molar-refractivity contribution in [1.29, 1.82) is 0 Å². The van der Waals surface area contributed by atoms with Crippen LogP contribution < -0.4 is 14.8 Å². The number of ether oxygens (including phenoxy) is 1. The van der Waals surface area contributed by atoms with E-state index in [4.69, 9.17) is 0 Å². The summed E-state index contributed by atoms with van der Waals surface area (Å²) in [6.45, 7) is 6.02. The van der Waals surface area contributed by atoms with E-state index >= 15 is 0 Å². The van der Waals surface area contributed by atoms with Crippen molar-refractivity contribution in [3.8, 4) is 5.75 Å². The first-order valence-corrected chi connectivity index (χ1v) is 9.68. The maximum Gasteiger partial charge on any atom is 0.573 e. The van der Waals surface area contributed by atoms with Crippen LogP contribution in [0.1, 0.15) is 12.8 Å². The third kappa shape index (κ3) is 7.22. The second-order valence-electron chi connectivity index (χ2n) is 5.97. The van der Waals surface area contributed by atoms with Crippen LogP contribution in [-0.2, 0) is 10.0 Å². The average molecular weight is 393 g/mol. The molecule has 1 aliphatic rings. The molecule has 26 heavy (non-hydrogen) atoms. The summed E-state index contributed by atoms with van der Waals surface area (Å²) in [5.74, 6) is -0.267. The van der Waals surface area contributed by atoms with Crippen LogP contribution in [0.2, 0.25) is 0 Å². The van der Waals surface area contributed by atoms with Gasteiger partial charge >= 0.3 is 6.36 Å². The van der Waals surface area contributed by atoms with Crippen LogP contribution in [0.25, 0.3) is 0 Å². The lowest BCUT2D eigenvalue weighted by molar-refractivity contribution is -0.274. The topological polar surface area (TPSA) is 70.7 Å². The summed E-state index contributed by atoms with van der Waals surface area (Å²) in [7, 11) is -3.44. The number of hydrogen-bond donors (Lipinski definition) is 2. The van der Waals surface area contributed by atoms with Gasteiger partial charge in [0.1, 0.15) is 5.75 Å². The zero-order valence-electron chi connectivity index (χ0n) is 14.1. The Labute approximate surface area is 151 Å². The van der Waals surface area contributed by atoms with E-state index < -0.39 is 16.4 Å². The van der Waals surface area contributed by atoms with Crippen molar-refractivity contribution < 1.29 is 26.3 Å². The molecular weight excluding hydrogens is 371 g/mol. The van der Waals surface area contributed by atoms with Crippen LogP contribution in [0.15, 0.2) is 36.3 Å². The van der Waals surface area contributed by atoms with Crippen LogP contribution in [0.4, 0.5) is 18.9 Å². The van der Waals surface area contributed by atoms with E-state index in [1.54, 1.807) is 0 Å². The quantitative estimate of drug-likeness (QED) is 0.710. The molecule has 1 aromatic carbocycles. The van der Waals surface area contributed by atoms with Crippen molar-refractivity contribution >= 4 is 15.7 Å². The fourth-order valence-corrected chi connectivity index (χ4v) is 3.52. The van der Waals surface area contributed by atoms with Crippen molar-refractivity contribution in [3.05, 3.63) is 36.3 Å². The number of anilines is 1. The van der Waals surface area contributed by atoms with Crippen LogP contribution in [0.3, 0.4) is 0 Å². The van der Waals surface area contributed by atoms with E-state index in [0.29, 0.717) is 25.3 Å². The fourth-order valence-electron chi connectivity index (χ4n) is 2.77. The van der Waals surface area contributed by atoms with Crippen molar-refractivity contribution in [2.45, 2.75) is 25.2 Å². The van der Waals surface area contributed by atoms with E-state index in [-0.39, 0.29) is 11.8 Å². The molecule has 0 aliphatic carbocycles. The van der Waals surface area contributed by atoms with E-state index in [2.05, 4.69) is 26.3 Å². The van der Waals surface area contributed by atoms with Crippen molar-refractivity contribution in [2.24, 2.45) is 0 Å². The van der Waals surface area contributed by atoms with Crippen LogP contribution >= 0.6 is 0 Å². The molecular formula is C16H22F3N3O3S. The van der Waals surface area contributed by atoms with Crippen molar-refractivity contribution in [1.82, 2.24) is 9.62 Å². The highest BCUT2D eigenvalue weighted by molar-refractivity contribution is 7.92. The first-order valence-electron chi connectivity index (χ1n) is 8.14. The summed E-state index contributed by atoms with van der Waals surface area (Å²) in [5, 5.41) is 4.03. The fraction of sp³-hybridized carbons (Fsp3) is 0.500. The summed E-state index contributed by atoms with van der Waals surface area (Å²) >= 11 is 0. The van der Waals surface area contributed by atoms with Crippen LogP contribution in [0.5, 0.6) is 5.75 Å². The van der Waals surface area contributed by atoms with Gasteiger partial charge in [-0.25, -0.2) is 13.1 Å². The number of rotatable bonds is 8. The van der Waals surface area contributed by atoms with E-state index in [1.807, 2.05) is 0 Å². The molecule has 6 nitrogen and oxygen atoms in total. The smallest absolute Gasteiger partial charge is 0.406 e. The molecule has 1 atom stereocenters. The summed E-state index contributed by atoms with van der Waals surface area (Å²) in [4.78, 5) is 2.13. The third-order valence-corrected chi connectivity index (χ3v) is 5.00. The molecule has 1 fully saturated rings. The Hall–Kier alpha value is -1.78. The van der Waals surface area contributed by atoms with Gasteiger partial charge in [0.15, 0.2) is 0 Å². The highest BCUT2D eigenvalue weighted by Gasteiger charge is 2.31. The first-order chi connectivity index (χ1) is 12.2. The number of benzene rings is 1. The minimum absolute atomic E-state index is 0.148. The molecule has 146 valence electrons. The Morgan fingerprint density at radius 3 is 2.62 bits per heavy atom. The number of alkyl halides is 3. The summed E-state index contributed by atoms with van der Waals surface area (Å²) in [6, 6.07) is 5.37. The first kappa shape index (κ1) is 20.5. The van der Waals surface area contributed by atoms with Gasteiger partial charge in [0.05, 0.1) is 0 Å². The number of halogens is 3. The van der Waals surface area contributed by atoms with Gasteiger partial charge in [-0.2, -0.15) is 0 Å². The van der Waals surface area contributed by atoms with Gasteiger partial charge in [0.25, 0.3) is 0 Å². The zero-order valence-corrected chi connectivity index (χ0v) is 14.9. The maximum absolute atomic E-state index is 12.1. The Balaban J connectivity index is 1.76. The predicted octanol–water partition coefficient (Wildman–Crippen LogP) is 2.52. The minimum Gasteiger partial charge on any atom is -0.406 e. The van der Waals surface area contributed by atoms with Gasteiger partial charge in [0.2, 0.25) is 10.0 Å². The molecule has 2 N–H and O–H groups in total. The molecule has 1 unspecified atom stereocenters. The lowest BCUT2D eigenvalue weighted by Gasteiger charge is -2.32. The summed E-state index contributed by atoms with van der Waals surface area (Å²) in [6.07, 6.45) is -3.04. The number of nitrogens with one attached hydrogen (secondary N) is 2. The van der Waals surface area contributed by atoms with Crippen LogP contribution in [-0.4, -0.2) is 51.9 Å². The SMILES string of the molecule is C=CS(=O)(=O)NC1CCCN(CCNc2ccc(OC(F)(F)F)cc2)C1. The normalized spacial score (nSPS) is 19.1. The standard InChI is InChI=1S/C16H22F3N3O3S/c1-2-26(23,24)21-14-4-3-10-22(12-14)11-9-20-13-5-7-15(8-6-13)25-16(17,18)19/h2,5-8,14,20-21H,1,3-4,9-12H2. The molecule has 1 saturated heterocycles. The van der Waals surface area contributed by atoms with Gasteiger partial charge < -0.3 is 15.0 Å². The number of hydrogen-bond acceptors (Lipinski definition) is 5. The van der Waals surface area contributed by atoms with E-state index in [9.17, 15) is 21.6 Å². The molecule has 1 heterocycles. The number of nitrogens with zero attached hydrogens (tertiary/aromatic N) is 1. The van der Waals surface area contributed by atoms with Gasteiger partial charge in [-0.3, -0.25) is 0 Å². The molecule has 0 aromatic heterocycles. The molecule has 10 heteroatoms. The molecule has 1 aromatic rings. The van der Waals surface area contributed by atoms with Crippen molar-refractivity contribution in [3.63, 3.8) is 0 Å². The molecule has 0 saturated carbocycles. The third-order valence-electron chi connectivity index (χ3n) is 3.90. The zero-order chi connectivity index (χ0) is 19.2. The Bertz CT molecular complexity index is 693. The molecule has 2 rings (SSSR count). The van der Waals surface area contributed by atoms with Gasteiger partial charge in [0, 0.05) is 36.8 Å². The van der Waals surface area contributed by atoms with E-state index in [0.717, 1.165) is 24.8 Å². The highest BCUT2D eigenvalue weighted by atomic mass is 32.2. The monoisotopic (exact) mass is 393 g/mol. The molecule has 1 aliphatic heterocycles. The lowest BCUT2D eigenvalue weighted by atomic mass is 10.1. The minimum atomic E-state index is -4.70. The number of likely N-dealkylation sites (tertiary alicyclic amines) is 1. The molecule has 0 radical (unpaired) electrons. The Morgan fingerprint density at radius 1 is 1.31 bits per heavy atom. The number of piperidine rings is 1. The number of sulfonamides is 1. The van der Waals surface area contributed by atoms with E-state index in [1.165, 1.54) is 24.3 Å². The van der Waals surface area contributed by atoms with Gasteiger partial charge in [-0.1, -0.05) is 6.58 Å². The summed E-state index contributed by atoms with van der Waals surface area (Å²) in [5.41, 5.74) is 0.681. The van der Waals surface area contributed by atoms with Crippen LogP contribution in [0, 0.1) is 0 Å². The van der Waals surface area contributed by atoms with Gasteiger partial charge in [-0.05, 0) is 43.7 Å². The Kier molecular flexibility index (Phi) is 6.90. The molecule has 0 amide bonds. The Morgan fingerprint density at radius 2 is 2.00 bits per heavy atom. The average Bonchev–Trinajstić information content (AvgIpc) is 2.55. The molecule has 0 spiro atoms. The second kappa shape index (κ2) is 8.74. The second-order valence-corrected chi connectivity index (χ2v) is 7.63. The summed E-state index contributed by atoms with van der Waals surface area (Å²) < 4.78 is 65.9. The van der Waals surface area contributed by atoms with Gasteiger partial charge in [-0.15, -0.1) is 13.2 Å². The lowest BCUT2D eigenvalue weighted by Crippen LogP contribution is -2.48. The predicted molar refractivity (Wildman–Crippen MR) is 93.3 cm³/mol.